The fraction of sp³-hybridized carbons (Fsp3) is 0.875. The molecule has 0 aliphatic rings. The summed E-state index contributed by atoms with van der Waals surface area (Å²) < 4.78 is 11.1. The van der Waals surface area contributed by atoms with Crippen LogP contribution in [-0.4, -0.2) is 50.6 Å². The summed E-state index contributed by atoms with van der Waals surface area (Å²) >= 11 is 0. The molecule has 0 radical (unpaired) electrons. The van der Waals surface area contributed by atoms with E-state index in [9.17, 15) is 0 Å². The Balaban J connectivity index is 3.58. The lowest BCUT2D eigenvalue weighted by atomic mass is 10.2. The van der Waals surface area contributed by atoms with Crippen LogP contribution in [0, 0.1) is 22.7 Å². The molecule has 0 amide bonds. The van der Waals surface area contributed by atoms with E-state index in [1.165, 1.54) is 0 Å². The highest BCUT2D eigenvalue weighted by atomic mass is 16.7. The minimum atomic E-state index is -0.175. The Kier molecular flexibility index (Phi) is 15.3. The Morgan fingerprint density at radius 2 is 1.45 bits per heavy atom. The smallest absolute Gasteiger partial charge is 0.154 e. The lowest BCUT2D eigenvalue weighted by molar-refractivity contribution is -0.131. The van der Waals surface area contributed by atoms with Gasteiger partial charge in [0.2, 0.25) is 0 Å². The summed E-state index contributed by atoms with van der Waals surface area (Å²) in [7, 11) is 0. The highest BCUT2D eigenvalue weighted by Gasteiger charge is 2.05. The molecule has 1 atom stereocenters. The molecule has 0 heterocycles. The maximum atomic E-state index is 8.63. The second-order valence-electron chi connectivity index (χ2n) is 5.17. The summed E-state index contributed by atoms with van der Waals surface area (Å²) in [6.45, 7) is 6.34. The predicted octanol–water partition coefficient (Wildman–Crippen LogP) is 2.01. The predicted molar refractivity (Wildman–Crippen MR) is 85.8 cm³/mol. The Hall–Kier alpha value is -1.18. The lowest BCUT2D eigenvalue weighted by Gasteiger charge is -2.20. The molecule has 0 aromatic carbocycles. The summed E-state index contributed by atoms with van der Waals surface area (Å²) in [6, 6.07) is 4.29. The average Bonchev–Trinajstić information content (AvgIpc) is 2.53. The maximum Gasteiger partial charge on any atom is 0.154 e. The van der Waals surface area contributed by atoms with Gasteiger partial charge in [-0.05, 0) is 45.7 Å². The molecule has 0 aliphatic carbocycles. The standard InChI is InChI=1S/C16H30N4O2/c1-16(21-14-4-2-8-17)22-15-5-3-11-20(12-6-9-18)13-7-10-19/h16H,2-8,11-15,17H2,1H3. The van der Waals surface area contributed by atoms with E-state index in [2.05, 4.69) is 17.0 Å². The van der Waals surface area contributed by atoms with Crippen molar-refractivity contribution in [2.24, 2.45) is 5.73 Å². The second-order valence-corrected chi connectivity index (χ2v) is 5.17. The van der Waals surface area contributed by atoms with Crippen LogP contribution < -0.4 is 5.73 Å². The molecule has 0 aromatic heterocycles. The van der Waals surface area contributed by atoms with Crippen molar-refractivity contribution in [1.29, 1.82) is 10.5 Å². The zero-order valence-corrected chi connectivity index (χ0v) is 13.8. The van der Waals surface area contributed by atoms with Gasteiger partial charge in [0.25, 0.3) is 0 Å². The quantitative estimate of drug-likeness (QED) is 0.367. The molecule has 0 saturated carbocycles. The van der Waals surface area contributed by atoms with Gasteiger partial charge in [0.15, 0.2) is 6.29 Å². The van der Waals surface area contributed by atoms with Crippen LogP contribution in [0.3, 0.4) is 0 Å². The van der Waals surface area contributed by atoms with Crippen molar-refractivity contribution in [2.45, 2.75) is 51.7 Å². The number of nitriles is 2. The molecule has 22 heavy (non-hydrogen) atoms. The van der Waals surface area contributed by atoms with Crippen LogP contribution in [0.25, 0.3) is 0 Å². The minimum absolute atomic E-state index is 0.175. The molecule has 0 aliphatic heterocycles. The van der Waals surface area contributed by atoms with Crippen LogP contribution in [0.4, 0.5) is 0 Å². The first kappa shape index (κ1) is 20.8. The van der Waals surface area contributed by atoms with Crippen molar-refractivity contribution in [3.8, 4) is 12.1 Å². The van der Waals surface area contributed by atoms with Crippen molar-refractivity contribution in [3.63, 3.8) is 0 Å². The van der Waals surface area contributed by atoms with Crippen LogP contribution in [0.1, 0.15) is 45.4 Å². The topological polar surface area (TPSA) is 95.3 Å². The molecule has 6 heteroatoms. The van der Waals surface area contributed by atoms with Gasteiger partial charge < -0.3 is 20.1 Å². The molecule has 0 spiro atoms. The highest BCUT2D eigenvalue weighted by Crippen LogP contribution is 2.02. The van der Waals surface area contributed by atoms with Gasteiger partial charge in [-0.2, -0.15) is 10.5 Å². The van der Waals surface area contributed by atoms with E-state index >= 15 is 0 Å². The van der Waals surface area contributed by atoms with Crippen LogP contribution in [0.5, 0.6) is 0 Å². The highest BCUT2D eigenvalue weighted by molar-refractivity contribution is 4.76. The fourth-order valence-corrected chi connectivity index (χ4v) is 1.98. The molecular formula is C16H30N4O2. The number of rotatable bonds is 15. The Morgan fingerprint density at radius 3 is 1.95 bits per heavy atom. The van der Waals surface area contributed by atoms with Crippen molar-refractivity contribution < 1.29 is 9.47 Å². The monoisotopic (exact) mass is 310 g/mol. The summed E-state index contributed by atoms with van der Waals surface area (Å²) in [6.07, 6.45) is 4.74. The summed E-state index contributed by atoms with van der Waals surface area (Å²) in [4.78, 5) is 2.17. The number of ether oxygens (including phenoxy) is 2. The summed E-state index contributed by atoms with van der Waals surface area (Å²) in [5.74, 6) is 0. The van der Waals surface area contributed by atoms with Gasteiger partial charge in [-0.1, -0.05) is 0 Å². The molecule has 126 valence electrons. The molecule has 0 aromatic rings. The summed E-state index contributed by atoms with van der Waals surface area (Å²) in [5, 5.41) is 17.3. The van der Waals surface area contributed by atoms with E-state index in [4.69, 9.17) is 25.7 Å². The summed E-state index contributed by atoms with van der Waals surface area (Å²) in [5.41, 5.74) is 5.42. The van der Waals surface area contributed by atoms with E-state index in [1.807, 2.05) is 6.92 Å². The Labute approximate surface area is 134 Å². The number of nitrogens with zero attached hydrogens (tertiary/aromatic N) is 3. The van der Waals surface area contributed by atoms with Crippen LogP contribution in [-0.2, 0) is 9.47 Å². The SMILES string of the molecule is CC(OCCCCN)OCCCCN(CCC#N)CCC#N. The van der Waals surface area contributed by atoms with Gasteiger partial charge >= 0.3 is 0 Å². The molecule has 0 saturated heterocycles. The third kappa shape index (κ3) is 13.8. The van der Waals surface area contributed by atoms with Crippen molar-refractivity contribution in [2.75, 3.05) is 39.4 Å². The third-order valence-electron chi connectivity index (χ3n) is 3.25. The normalized spacial score (nSPS) is 12.0. The van der Waals surface area contributed by atoms with E-state index in [0.29, 0.717) is 32.6 Å². The zero-order chi connectivity index (χ0) is 16.5. The first-order valence-corrected chi connectivity index (χ1v) is 8.14. The molecule has 2 N–H and O–H groups in total. The van der Waals surface area contributed by atoms with E-state index < -0.39 is 0 Å². The van der Waals surface area contributed by atoms with E-state index in [1.54, 1.807) is 0 Å². The molecule has 0 rings (SSSR count). The number of hydrogen-bond donors (Lipinski definition) is 1. The van der Waals surface area contributed by atoms with Crippen molar-refractivity contribution in [3.05, 3.63) is 0 Å². The molecule has 0 bridgehead atoms. The zero-order valence-electron chi connectivity index (χ0n) is 13.8. The van der Waals surface area contributed by atoms with Crippen molar-refractivity contribution in [1.82, 2.24) is 4.90 Å². The van der Waals surface area contributed by atoms with Crippen LogP contribution in [0.15, 0.2) is 0 Å². The van der Waals surface area contributed by atoms with Gasteiger partial charge in [-0.25, -0.2) is 0 Å². The maximum absolute atomic E-state index is 8.63. The fourth-order valence-electron chi connectivity index (χ4n) is 1.98. The molecule has 6 nitrogen and oxygen atoms in total. The first-order chi connectivity index (χ1) is 10.7. The second kappa shape index (κ2) is 16.2. The van der Waals surface area contributed by atoms with Gasteiger partial charge in [0.1, 0.15) is 0 Å². The van der Waals surface area contributed by atoms with Crippen LogP contribution >= 0.6 is 0 Å². The molecular weight excluding hydrogens is 280 g/mol. The van der Waals surface area contributed by atoms with Crippen molar-refractivity contribution >= 4 is 0 Å². The van der Waals surface area contributed by atoms with E-state index in [0.717, 1.165) is 45.3 Å². The van der Waals surface area contributed by atoms with E-state index in [-0.39, 0.29) is 6.29 Å². The largest absolute Gasteiger partial charge is 0.353 e. The number of unbranched alkanes of at least 4 members (excludes halogenated alkanes) is 2. The van der Waals surface area contributed by atoms with Gasteiger partial charge in [0.05, 0.1) is 12.1 Å². The number of hydrogen-bond acceptors (Lipinski definition) is 6. The van der Waals surface area contributed by atoms with Gasteiger partial charge in [-0.15, -0.1) is 0 Å². The first-order valence-electron chi connectivity index (χ1n) is 8.14. The van der Waals surface area contributed by atoms with Gasteiger partial charge in [-0.3, -0.25) is 0 Å². The molecule has 1 unspecified atom stereocenters. The van der Waals surface area contributed by atoms with Crippen LogP contribution in [0.2, 0.25) is 0 Å². The Morgan fingerprint density at radius 1 is 0.909 bits per heavy atom. The average molecular weight is 310 g/mol. The Bertz CT molecular complexity index is 307. The van der Waals surface area contributed by atoms with Gasteiger partial charge in [0, 0.05) is 39.1 Å². The lowest BCUT2D eigenvalue weighted by Crippen LogP contribution is -2.27. The number of nitrogens with two attached hydrogens (primary N) is 1. The molecule has 0 fully saturated rings. The minimum Gasteiger partial charge on any atom is -0.353 e. The third-order valence-corrected chi connectivity index (χ3v) is 3.25.